The molecule has 146 valence electrons. The van der Waals surface area contributed by atoms with Crippen LogP contribution in [0, 0.1) is 0 Å². The molecule has 2 aromatic carbocycles. The van der Waals surface area contributed by atoms with E-state index in [9.17, 15) is 13.2 Å². The molecule has 0 bridgehead atoms. The third kappa shape index (κ3) is 6.23. The van der Waals surface area contributed by atoms with Gasteiger partial charge in [0.15, 0.2) is 0 Å². The normalized spacial score (nSPS) is 12.6. The first-order valence-corrected chi connectivity index (χ1v) is 10.5. The van der Waals surface area contributed by atoms with E-state index in [-0.39, 0.29) is 19.1 Å². The molecule has 1 N–H and O–H groups in total. The molecule has 0 spiro atoms. The molecule has 0 aliphatic carbocycles. The second-order valence-electron chi connectivity index (χ2n) is 6.19. The van der Waals surface area contributed by atoms with Gasteiger partial charge >= 0.3 is 0 Å². The molecule has 0 fully saturated rings. The fraction of sp³-hybridized carbons (Fsp3) is 0.316. The molecule has 0 saturated carbocycles. The Morgan fingerprint density at radius 3 is 2.41 bits per heavy atom. The second kappa shape index (κ2) is 9.21. The second-order valence-corrected chi connectivity index (χ2v) is 8.61. The first-order chi connectivity index (χ1) is 12.7. The first kappa shape index (κ1) is 21.2. The fourth-order valence-corrected chi connectivity index (χ4v) is 3.49. The van der Waals surface area contributed by atoms with Gasteiger partial charge in [-0.05, 0) is 30.7 Å². The molecule has 1 amide bonds. The lowest BCUT2D eigenvalue weighted by Gasteiger charge is -2.22. The molecule has 0 aromatic heterocycles. The summed E-state index contributed by atoms with van der Waals surface area (Å²) in [5, 5.41) is 3.39. The number of nitrogens with zero attached hydrogens (tertiary/aromatic N) is 1. The van der Waals surface area contributed by atoms with Gasteiger partial charge in [-0.25, -0.2) is 8.42 Å². The summed E-state index contributed by atoms with van der Waals surface area (Å²) in [6, 6.07) is 13.9. The molecule has 1 unspecified atom stereocenters. The number of methoxy groups -OCH3 is 1. The minimum atomic E-state index is -3.57. The smallest absolute Gasteiger partial charge is 0.235 e. The zero-order valence-electron chi connectivity index (χ0n) is 15.5. The number of halogens is 1. The minimum Gasteiger partial charge on any atom is -0.496 e. The number of rotatable bonds is 8. The highest BCUT2D eigenvalue weighted by molar-refractivity contribution is 7.88. The van der Waals surface area contributed by atoms with Crippen molar-refractivity contribution in [1.29, 1.82) is 0 Å². The van der Waals surface area contributed by atoms with Gasteiger partial charge in [0.1, 0.15) is 5.75 Å². The highest BCUT2D eigenvalue weighted by atomic mass is 35.5. The summed E-state index contributed by atoms with van der Waals surface area (Å²) in [5.41, 5.74) is 1.56. The van der Waals surface area contributed by atoms with Gasteiger partial charge in [-0.3, -0.25) is 4.79 Å². The molecule has 0 aliphatic heterocycles. The lowest BCUT2D eigenvalue weighted by Crippen LogP contribution is -2.40. The molecule has 8 heteroatoms. The summed E-state index contributed by atoms with van der Waals surface area (Å²) < 4.78 is 30.6. The molecule has 2 aromatic rings. The topological polar surface area (TPSA) is 75.7 Å². The third-order valence-electron chi connectivity index (χ3n) is 4.04. The monoisotopic (exact) mass is 410 g/mol. The number of para-hydroxylation sites is 1. The van der Waals surface area contributed by atoms with E-state index < -0.39 is 15.9 Å². The van der Waals surface area contributed by atoms with Crippen LogP contribution in [0.3, 0.4) is 0 Å². The van der Waals surface area contributed by atoms with Gasteiger partial charge in [0.25, 0.3) is 0 Å². The average Bonchev–Trinajstić information content (AvgIpc) is 2.62. The fourth-order valence-electron chi connectivity index (χ4n) is 2.63. The number of sulfonamides is 1. The van der Waals surface area contributed by atoms with Crippen LogP contribution in [0.25, 0.3) is 0 Å². The van der Waals surface area contributed by atoms with Gasteiger partial charge in [-0.2, -0.15) is 4.31 Å². The summed E-state index contributed by atoms with van der Waals surface area (Å²) in [6.07, 6.45) is 1.08. The summed E-state index contributed by atoms with van der Waals surface area (Å²) in [5.74, 6) is 0.263. The Balaban J connectivity index is 2.08. The van der Waals surface area contributed by atoms with Gasteiger partial charge in [0.2, 0.25) is 15.9 Å². The van der Waals surface area contributed by atoms with Crippen LogP contribution in [-0.2, 0) is 21.4 Å². The van der Waals surface area contributed by atoms with Gasteiger partial charge in [0, 0.05) is 17.1 Å². The van der Waals surface area contributed by atoms with Crippen LogP contribution < -0.4 is 10.1 Å². The summed E-state index contributed by atoms with van der Waals surface area (Å²) in [6.45, 7) is 1.63. The zero-order chi connectivity index (χ0) is 20.0. The van der Waals surface area contributed by atoms with Crippen molar-refractivity contribution in [3.8, 4) is 5.75 Å². The lowest BCUT2D eigenvalue weighted by molar-refractivity contribution is -0.122. The number of benzene rings is 2. The van der Waals surface area contributed by atoms with E-state index in [1.807, 2.05) is 25.1 Å². The van der Waals surface area contributed by atoms with Crippen LogP contribution >= 0.6 is 11.6 Å². The van der Waals surface area contributed by atoms with Crippen LogP contribution in [-0.4, -0.2) is 38.5 Å². The van der Waals surface area contributed by atoms with Crippen molar-refractivity contribution in [1.82, 2.24) is 9.62 Å². The maximum Gasteiger partial charge on any atom is 0.235 e. The van der Waals surface area contributed by atoms with E-state index in [1.165, 1.54) is 0 Å². The molecule has 27 heavy (non-hydrogen) atoms. The highest BCUT2D eigenvalue weighted by Crippen LogP contribution is 2.24. The van der Waals surface area contributed by atoms with Crippen molar-refractivity contribution < 1.29 is 17.9 Å². The molecule has 2 rings (SSSR count). The number of hydrogen-bond acceptors (Lipinski definition) is 4. The number of hydrogen-bond donors (Lipinski definition) is 1. The molecule has 1 atom stereocenters. The van der Waals surface area contributed by atoms with Crippen LogP contribution in [0.4, 0.5) is 0 Å². The molecule has 0 heterocycles. The van der Waals surface area contributed by atoms with Gasteiger partial charge in [-0.1, -0.05) is 41.9 Å². The number of nitrogens with one attached hydrogen (secondary N) is 1. The van der Waals surface area contributed by atoms with Crippen molar-refractivity contribution in [2.75, 3.05) is 19.9 Å². The van der Waals surface area contributed by atoms with E-state index >= 15 is 0 Å². The van der Waals surface area contributed by atoms with E-state index in [0.29, 0.717) is 10.8 Å². The average molecular weight is 411 g/mol. The predicted octanol–water partition coefficient (Wildman–Crippen LogP) is 2.99. The maximum atomic E-state index is 12.4. The van der Waals surface area contributed by atoms with Crippen LogP contribution in [0.15, 0.2) is 48.5 Å². The number of amides is 1. The van der Waals surface area contributed by atoms with Crippen LogP contribution in [0.5, 0.6) is 5.75 Å². The minimum absolute atomic E-state index is 0.0897. The quantitative estimate of drug-likeness (QED) is 0.725. The Bertz CT molecular complexity index is 885. The Kier molecular flexibility index (Phi) is 7.24. The van der Waals surface area contributed by atoms with Crippen molar-refractivity contribution in [2.45, 2.75) is 19.5 Å². The van der Waals surface area contributed by atoms with E-state index in [0.717, 1.165) is 21.7 Å². The maximum absolute atomic E-state index is 12.4. The predicted molar refractivity (Wildman–Crippen MR) is 106 cm³/mol. The van der Waals surface area contributed by atoms with Crippen LogP contribution in [0.1, 0.15) is 24.1 Å². The van der Waals surface area contributed by atoms with E-state index in [1.54, 1.807) is 37.4 Å². The Morgan fingerprint density at radius 2 is 1.81 bits per heavy atom. The molecular formula is C19H23ClN2O4S. The molecule has 0 radical (unpaired) electrons. The molecule has 0 saturated heterocycles. The lowest BCUT2D eigenvalue weighted by atomic mass is 10.1. The standard InChI is InChI=1S/C19H23ClN2O4S/c1-14(17-6-4-5-7-18(17)26-2)21-19(23)13-22(27(3,24)25)12-15-8-10-16(20)11-9-15/h4-11,14H,12-13H2,1-3H3,(H,21,23). The van der Waals surface area contributed by atoms with Crippen molar-refractivity contribution >= 4 is 27.5 Å². The van der Waals surface area contributed by atoms with Crippen molar-refractivity contribution in [2.24, 2.45) is 0 Å². The summed E-state index contributed by atoms with van der Waals surface area (Å²) >= 11 is 5.86. The van der Waals surface area contributed by atoms with Gasteiger partial charge in [0.05, 0.1) is 26.0 Å². The van der Waals surface area contributed by atoms with Crippen molar-refractivity contribution in [3.63, 3.8) is 0 Å². The van der Waals surface area contributed by atoms with Crippen LogP contribution in [0.2, 0.25) is 5.02 Å². The Labute approximate surface area is 165 Å². The number of ether oxygens (including phenoxy) is 1. The number of carbonyl (C=O) groups excluding carboxylic acids is 1. The molecular weight excluding hydrogens is 388 g/mol. The zero-order valence-corrected chi connectivity index (χ0v) is 17.0. The summed E-state index contributed by atoms with van der Waals surface area (Å²) in [4.78, 5) is 12.4. The SMILES string of the molecule is COc1ccccc1C(C)NC(=O)CN(Cc1ccc(Cl)cc1)S(C)(=O)=O. The Hall–Kier alpha value is -2.09. The number of carbonyl (C=O) groups is 1. The largest absolute Gasteiger partial charge is 0.496 e. The van der Waals surface area contributed by atoms with Gasteiger partial charge in [-0.15, -0.1) is 0 Å². The van der Waals surface area contributed by atoms with E-state index in [4.69, 9.17) is 16.3 Å². The third-order valence-corrected chi connectivity index (χ3v) is 5.49. The van der Waals surface area contributed by atoms with E-state index in [2.05, 4.69) is 5.32 Å². The first-order valence-electron chi connectivity index (χ1n) is 8.32. The Morgan fingerprint density at radius 1 is 1.19 bits per heavy atom. The highest BCUT2D eigenvalue weighted by Gasteiger charge is 2.22. The molecule has 0 aliphatic rings. The molecule has 6 nitrogen and oxygen atoms in total. The van der Waals surface area contributed by atoms with Gasteiger partial charge < -0.3 is 10.1 Å². The van der Waals surface area contributed by atoms with Crippen molar-refractivity contribution in [3.05, 3.63) is 64.7 Å². The summed E-state index contributed by atoms with van der Waals surface area (Å²) in [7, 11) is -2.01.